The van der Waals surface area contributed by atoms with Gasteiger partial charge >= 0.3 is 0 Å². The molecule has 0 aromatic heterocycles. The van der Waals surface area contributed by atoms with Crippen LogP contribution in [-0.2, 0) is 4.79 Å². The second-order valence-electron chi connectivity index (χ2n) is 6.40. The van der Waals surface area contributed by atoms with Crippen molar-refractivity contribution in [1.82, 2.24) is 5.32 Å². The van der Waals surface area contributed by atoms with Gasteiger partial charge < -0.3 is 10.6 Å². The van der Waals surface area contributed by atoms with E-state index < -0.39 is 0 Å². The minimum atomic E-state index is -0.125. The molecule has 1 fully saturated rings. The van der Waals surface area contributed by atoms with Gasteiger partial charge in [0.25, 0.3) is 5.91 Å². The molecule has 2 amide bonds. The van der Waals surface area contributed by atoms with E-state index in [4.69, 9.17) is 0 Å². The Labute approximate surface area is 152 Å². The molecule has 0 unspecified atom stereocenters. The first-order chi connectivity index (χ1) is 12.0. The summed E-state index contributed by atoms with van der Waals surface area (Å²) in [5.74, 6) is 0.0692. The molecule has 2 N–H and O–H groups in total. The molecule has 3 rings (SSSR count). The number of aryl methyl sites for hydroxylation is 2. The van der Waals surface area contributed by atoms with Crippen molar-refractivity contribution in [3.05, 3.63) is 59.2 Å². The van der Waals surface area contributed by atoms with E-state index in [1.54, 1.807) is 12.1 Å². The highest BCUT2D eigenvalue weighted by molar-refractivity contribution is 8.00. The van der Waals surface area contributed by atoms with Crippen molar-refractivity contribution >= 4 is 29.3 Å². The van der Waals surface area contributed by atoms with Crippen LogP contribution in [0.25, 0.3) is 0 Å². The number of carbonyl (C=O) groups is 2. The summed E-state index contributed by atoms with van der Waals surface area (Å²) < 4.78 is 0. The molecule has 0 bridgehead atoms. The van der Waals surface area contributed by atoms with Gasteiger partial charge in [0, 0.05) is 10.9 Å². The Kier molecular flexibility index (Phi) is 5.43. The van der Waals surface area contributed by atoms with Crippen LogP contribution in [0.15, 0.2) is 47.4 Å². The Bertz CT molecular complexity index is 800. The number of amides is 2. The average Bonchev–Trinajstić information content (AvgIpc) is 3.38. The fraction of sp³-hybridized carbons (Fsp3) is 0.300. The third kappa shape index (κ3) is 4.86. The monoisotopic (exact) mass is 354 g/mol. The Hall–Kier alpha value is -2.27. The summed E-state index contributed by atoms with van der Waals surface area (Å²) in [6.07, 6.45) is 2.07. The lowest BCUT2D eigenvalue weighted by molar-refractivity contribution is -0.113. The lowest BCUT2D eigenvalue weighted by Crippen LogP contribution is -2.27. The second kappa shape index (κ2) is 7.74. The lowest BCUT2D eigenvalue weighted by Gasteiger charge is -2.11. The smallest absolute Gasteiger partial charge is 0.253 e. The van der Waals surface area contributed by atoms with Crippen molar-refractivity contribution in [2.24, 2.45) is 0 Å². The molecule has 1 aliphatic rings. The number of para-hydroxylation sites is 1. The number of hydrogen-bond acceptors (Lipinski definition) is 3. The topological polar surface area (TPSA) is 58.2 Å². The Morgan fingerprint density at radius 2 is 1.88 bits per heavy atom. The van der Waals surface area contributed by atoms with Gasteiger partial charge in [0.15, 0.2) is 0 Å². The van der Waals surface area contributed by atoms with Crippen molar-refractivity contribution in [2.75, 3.05) is 11.1 Å². The number of anilines is 1. The normalized spacial score (nSPS) is 13.4. The van der Waals surface area contributed by atoms with E-state index in [1.807, 2.05) is 31.2 Å². The molecule has 1 saturated carbocycles. The molecular weight excluding hydrogens is 332 g/mol. The molecule has 25 heavy (non-hydrogen) atoms. The van der Waals surface area contributed by atoms with Crippen molar-refractivity contribution < 1.29 is 9.59 Å². The van der Waals surface area contributed by atoms with E-state index in [0.717, 1.165) is 17.7 Å². The lowest BCUT2D eigenvalue weighted by atomic mass is 10.1. The molecule has 1 aliphatic carbocycles. The van der Waals surface area contributed by atoms with Crippen LogP contribution in [0.4, 0.5) is 5.69 Å². The molecule has 2 aromatic carbocycles. The van der Waals surface area contributed by atoms with Gasteiger partial charge in [-0.05, 0) is 50.5 Å². The van der Waals surface area contributed by atoms with Crippen LogP contribution in [0.5, 0.6) is 0 Å². The maximum atomic E-state index is 12.3. The number of hydrogen-bond donors (Lipinski definition) is 2. The largest absolute Gasteiger partial charge is 0.349 e. The third-order valence-corrected chi connectivity index (χ3v) is 5.22. The summed E-state index contributed by atoms with van der Waals surface area (Å²) in [7, 11) is 0. The predicted octanol–water partition coefficient (Wildman–Crippen LogP) is 3.93. The van der Waals surface area contributed by atoms with Gasteiger partial charge in [-0.15, -0.1) is 11.8 Å². The van der Waals surface area contributed by atoms with Crippen LogP contribution in [0.2, 0.25) is 0 Å². The van der Waals surface area contributed by atoms with E-state index in [0.29, 0.717) is 17.0 Å². The SMILES string of the molecule is Cc1ccc(SCC(=O)Nc2ccccc2C(=O)NC2CC2)c(C)c1. The Morgan fingerprint density at radius 1 is 1.12 bits per heavy atom. The van der Waals surface area contributed by atoms with E-state index >= 15 is 0 Å². The zero-order valence-corrected chi connectivity index (χ0v) is 15.3. The zero-order valence-electron chi connectivity index (χ0n) is 14.5. The van der Waals surface area contributed by atoms with E-state index in [2.05, 4.69) is 23.6 Å². The van der Waals surface area contributed by atoms with Crippen molar-refractivity contribution in [3.8, 4) is 0 Å². The number of carbonyl (C=O) groups excluding carboxylic acids is 2. The summed E-state index contributed by atoms with van der Waals surface area (Å²) in [6.45, 7) is 4.10. The molecular formula is C20H22N2O2S. The first kappa shape index (κ1) is 17.5. The van der Waals surface area contributed by atoms with Gasteiger partial charge in [0.1, 0.15) is 0 Å². The van der Waals surface area contributed by atoms with E-state index in [-0.39, 0.29) is 17.9 Å². The number of thioether (sulfide) groups is 1. The van der Waals surface area contributed by atoms with Gasteiger partial charge in [-0.3, -0.25) is 9.59 Å². The molecule has 0 saturated heterocycles. The maximum Gasteiger partial charge on any atom is 0.253 e. The fourth-order valence-corrected chi connectivity index (χ4v) is 3.38. The Morgan fingerprint density at radius 3 is 2.60 bits per heavy atom. The summed E-state index contributed by atoms with van der Waals surface area (Å²) in [5.41, 5.74) is 3.45. The summed E-state index contributed by atoms with van der Waals surface area (Å²) in [4.78, 5) is 25.7. The highest BCUT2D eigenvalue weighted by Crippen LogP contribution is 2.24. The van der Waals surface area contributed by atoms with Crippen LogP contribution in [0, 0.1) is 13.8 Å². The molecule has 0 atom stereocenters. The number of benzene rings is 2. The van der Waals surface area contributed by atoms with Gasteiger partial charge in [0.05, 0.1) is 17.0 Å². The highest BCUT2D eigenvalue weighted by atomic mass is 32.2. The summed E-state index contributed by atoms with van der Waals surface area (Å²) in [6, 6.07) is 13.6. The van der Waals surface area contributed by atoms with Crippen molar-refractivity contribution in [1.29, 1.82) is 0 Å². The molecule has 0 aliphatic heterocycles. The second-order valence-corrected chi connectivity index (χ2v) is 7.42. The minimum Gasteiger partial charge on any atom is -0.349 e. The fourth-order valence-electron chi connectivity index (χ4n) is 2.57. The quantitative estimate of drug-likeness (QED) is 0.773. The van der Waals surface area contributed by atoms with Crippen LogP contribution in [0.1, 0.15) is 34.3 Å². The van der Waals surface area contributed by atoms with Crippen LogP contribution >= 0.6 is 11.8 Å². The third-order valence-electron chi connectivity index (χ3n) is 4.05. The molecule has 4 nitrogen and oxygen atoms in total. The van der Waals surface area contributed by atoms with Crippen molar-refractivity contribution in [2.45, 2.75) is 37.6 Å². The highest BCUT2D eigenvalue weighted by Gasteiger charge is 2.25. The summed E-state index contributed by atoms with van der Waals surface area (Å²) in [5, 5.41) is 5.82. The molecule has 0 spiro atoms. The van der Waals surface area contributed by atoms with Gasteiger partial charge in [0.2, 0.25) is 5.91 Å². The number of rotatable bonds is 6. The Balaban J connectivity index is 1.61. The molecule has 0 radical (unpaired) electrons. The predicted molar refractivity (Wildman–Crippen MR) is 102 cm³/mol. The maximum absolute atomic E-state index is 12.3. The zero-order chi connectivity index (χ0) is 17.8. The van der Waals surface area contributed by atoms with Crippen molar-refractivity contribution in [3.63, 3.8) is 0 Å². The minimum absolute atomic E-state index is 0.114. The van der Waals surface area contributed by atoms with Gasteiger partial charge in [-0.2, -0.15) is 0 Å². The molecule has 130 valence electrons. The standard InChI is InChI=1S/C20H22N2O2S/c1-13-7-10-18(14(2)11-13)25-12-19(23)22-17-6-4-3-5-16(17)20(24)21-15-8-9-15/h3-7,10-11,15H,8-9,12H2,1-2H3,(H,21,24)(H,22,23). The average molecular weight is 354 g/mol. The van der Waals surface area contributed by atoms with Crippen LogP contribution in [0.3, 0.4) is 0 Å². The first-order valence-electron chi connectivity index (χ1n) is 8.43. The summed E-state index contributed by atoms with van der Waals surface area (Å²) >= 11 is 1.51. The van der Waals surface area contributed by atoms with Crippen LogP contribution in [-0.4, -0.2) is 23.6 Å². The molecule has 5 heteroatoms. The first-order valence-corrected chi connectivity index (χ1v) is 9.41. The van der Waals surface area contributed by atoms with Gasteiger partial charge in [-0.25, -0.2) is 0 Å². The number of nitrogens with one attached hydrogen (secondary N) is 2. The van der Waals surface area contributed by atoms with E-state index in [9.17, 15) is 9.59 Å². The molecule has 2 aromatic rings. The van der Waals surface area contributed by atoms with Gasteiger partial charge in [-0.1, -0.05) is 29.8 Å². The van der Waals surface area contributed by atoms with E-state index in [1.165, 1.54) is 22.9 Å². The molecule has 0 heterocycles. The van der Waals surface area contributed by atoms with Crippen LogP contribution < -0.4 is 10.6 Å².